The monoisotopic (exact) mass is 412 g/mol. The Bertz CT molecular complexity index is 1170. The molecule has 0 aliphatic carbocycles. The number of pyridine rings is 1. The minimum absolute atomic E-state index is 0.187. The molecule has 0 aliphatic heterocycles. The summed E-state index contributed by atoms with van der Waals surface area (Å²) in [4.78, 5) is 33.1. The van der Waals surface area contributed by atoms with Gasteiger partial charge in [-0.2, -0.15) is 5.10 Å². The van der Waals surface area contributed by atoms with Crippen LogP contribution in [0.4, 0.5) is 5.69 Å². The molecular formula is C23H20N6O2. The van der Waals surface area contributed by atoms with Gasteiger partial charge in [-0.3, -0.25) is 9.59 Å². The van der Waals surface area contributed by atoms with E-state index in [0.29, 0.717) is 22.6 Å². The van der Waals surface area contributed by atoms with Crippen LogP contribution >= 0.6 is 0 Å². The van der Waals surface area contributed by atoms with Crippen LogP contribution < -0.4 is 10.6 Å². The lowest BCUT2D eigenvalue weighted by Gasteiger charge is -2.16. The number of anilines is 1. The molecule has 0 fully saturated rings. The molecular weight excluding hydrogens is 392 g/mol. The van der Waals surface area contributed by atoms with Crippen molar-refractivity contribution in [2.24, 2.45) is 0 Å². The van der Waals surface area contributed by atoms with Crippen LogP contribution in [0.15, 0.2) is 85.6 Å². The predicted octanol–water partition coefficient (Wildman–Crippen LogP) is 3.41. The SMILES string of the molecule is CC(NC(=O)c1ccc(-n2cncn2)nc1)c1cccc(NC(=O)c2ccccc2)c1. The fourth-order valence-electron chi connectivity index (χ4n) is 3.02. The minimum Gasteiger partial charge on any atom is -0.345 e. The Morgan fingerprint density at radius 2 is 1.77 bits per heavy atom. The highest BCUT2D eigenvalue weighted by Crippen LogP contribution is 2.19. The summed E-state index contributed by atoms with van der Waals surface area (Å²) in [6.07, 6.45) is 4.45. The van der Waals surface area contributed by atoms with Crippen molar-refractivity contribution in [1.82, 2.24) is 25.1 Å². The Labute approximate surface area is 179 Å². The van der Waals surface area contributed by atoms with Gasteiger partial charge in [-0.15, -0.1) is 0 Å². The number of nitrogens with zero attached hydrogens (tertiary/aromatic N) is 4. The molecule has 8 nitrogen and oxygen atoms in total. The third-order valence-corrected chi connectivity index (χ3v) is 4.69. The van der Waals surface area contributed by atoms with Crippen LogP contribution in [0.2, 0.25) is 0 Å². The number of carbonyl (C=O) groups excluding carboxylic acids is 2. The van der Waals surface area contributed by atoms with E-state index in [2.05, 4.69) is 25.7 Å². The van der Waals surface area contributed by atoms with Crippen LogP contribution in [0.25, 0.3) is 5.82 Å². The van der Waals surface area contributed by atoms with Crippen molar-refractivity contribution in [2.75, 3.05) is 5.32 Å². The number of hydrogen-bond acceptors (Lipinski definition) is 5. The molecule has 2 aromatic heterocycles. The smallest absolute Gasteiger partial charge is 0.255 e. The zero-order valence-electron chi connectivity index (χ0n) is 16.8. The van der Waals surface area contributed by atoms with E-state index in [1.165, 1.54) is 23.5 Å². The molecule has 154 valence electrons. The second-order valence-corrected chi connectivity index (χ2v) is 6.89. The Kier molecular flexibility index (Phi) is 5.79. The van der Waals surface area contributed by atoms with Crippen molar-refractivity contribution in [3.8, 4) is 5.82 Å². The Morgan fingerprint density at radius 3 is 2.48 bits per heavy atom. The fourth-order valence-corrected chi connectivity index (χ4v) is 3.02. The van der Waals surface area contributed by atoms with Crippen LogP contribution in [0, 0.1) is 0 Å². The van der Waals surface area contributed by atoms with Crippen LogP contribution in [-0.4, -0.2) is 31.6 Å². The summed E-state index contributed by atoms with van der Waals surface area (Å²) in [6.45, 7) is 1.88. The van der Waals surface area contributed by atoms with Gasteiger partial charge in [0.25, 0.3) is 11.8 Å². The standard InChI is InChI=1S/C23H20N6O2/c1-16(27-23(31)19-10-11-21(25-13-19)29-15-24-14-26-29)18-8-5-9-20(12-18)28-22(30)17-6-3-2-4-7-17/h2-16H,1H3,(H,27,31)(H,28,30). The molecule has 0 radical (unpaired) electrons. The zero-order chi connectivity index (χ0) is 21.6. The van der Waals surface area contributed by atoms with E-state index in [0.717, 1.165) is 5.56 Å². The number of benzene rings is 2. The number of nitrogens with one attached hydrogen (secondary N) is 2. The summed E-state index contributed by atoms with van der Waals surface area (Å²) in [6, 6.07) is 19.5. The van der Waals surface area contributed by atoms with E-state index in [9.17, 15) is 9.59 Å². The summed E-state index contributed by atoms with van der Waals surface area (Å²) < 4.78 is 1.51. The van der Waals surface area contributed by atoms with Crippen molar-refractivity contribution < 1.29 is 9.59 Å². The van der Waals surface area contributed by atoms with Crippen molar-refractivity contribution in [2.45, 2.75) is 13.0 Å². The molecule has 2 N–H and O–H groups in total. The van der Waals surface area contributed by atoms with E-state index in [-0.39, 0.29) is 17.9 Å². The summed E-state index contributed by atoms with van der Waals surface area (Å²) in [5, 5.41) is 9.85. The average molecular weight is 412 g/mol. The molecule has 31 heavy (non-hydrogen) atoms. The van der Waals surface area contributed by atoms with E-state index >= 15 is 0 Å². The quantitative estimate of drug-likeness (QED) is 0.505. The maximum Gasteiger partial charge on any atom is 0.255 e. The van der Waals surface area contributed by atoms with Crippen molar-refractivity contribution in [1.29, 1.82) is 0 Å². The van der Waals surface area contributed by atoms with Crippen molar-refractivity contribution in [3.05, 3.63) is 102 Å². The summed E-state index contributed by atoms with van der Waals surface area (Å²) in [7, 11) is 0. The molecule has 0 aliphatic rings. The third kappa shape index (κ3) is 4.81. The highest BCUT2D eigenvalue weighted by Gasteiger charge is 2.13. The van der Waals surface area contributed by atoms with Gasteiger partial charge in [-0.25, -0.2) is 14.6 Å². The lowest BCUT2D eigenvalue weighted by molar-refractivity contribution is 0.0938. The molecule has 1 unspecified atom stereocenters. The van der Waals surface area contributed by atoms with Crippen molar-refractivity contribution >= 4 is 17.5 Å². The first kappa shape index (κ1) is 20.0. The number of amides is 2. The lowest BCUT2D eigenvalue weighted by Crippen LogP contribution is -2.27. The lowest BCUT2D eigenvalue weighted by atomic mass is 10.1. The summed E-state index contributed by atoms with van der Waals surface area (Å²) in [5.41, 5.74) is 2.54. The van der Waals surface area contributed by atoms with Crippen LogP contribution in [0.5, 0.6) is 0 Å². The maximum absolute atomic E-state index is 12.6. The van der Waals surface area contributed by atoms with Gasteiger partial charge in [0.15, 0.2) is 5.82 Å². The summed E-state index contributed by atoms with van der Waals surface area (Å²) >= 11 is 0. The van der Waals surface area contributed by atoms with Gasteiger partial charge in [-0.05, 0) is 48.9 Å². The zero-order valence-corrected chi connectivity index (χ0v) is 16.8. The molecule has 2 heterocycles. The number of hydrogen-bond donors (Lipinski definition) is 2. The van der Waals surface area contributed by atoms with Crippen molar-refractivity contribution in [3.63, 3.8) is 0 Å². The molecule has 8 heteroatoms. The second-order valence-electron chi connectivity index (χ2n) is 6.89. The Morgan fingerprint density at radius 1 is 0.935 bits per heavy atom. The van der Waals surface area contributed by atoms with Gasteiger partial charge in [0.05, 0.1) is 11.6 Å². The van der Waals surface area contributed by atoms with E-state index in [1.54, 1.807) is 24.3 Å². The number of aromatic nitrogens is 4. The van der Waals surface area contributed by atoms with Gasteiger partial charge in [0, 0.05) is 17.4 Å². The molecule has 4 rings (SSSR count). The Balaban J connectivity index is 1.41. The van der Waals surface area contributed by atoms with Gasteiger partial charge >= 0.3 is 0 Å². The summed E-state index contributed by atoms with van der Waals surface area (Å²) in [5.74, 6) is 0.140. The van der Waals surface area contributed by atoms with E-state index in [1.807, 2.05) is 49.4 Å². The van der Waals surface area contributed by atoms with Crippen LogP contribution in [0.3, 0.4) is 0 Å². The molecule has 2 amide bonds. The topological polar surface area (TPSA) is 102 Å². The first-order valence-electron chi connectivity index (χ1n) is 9.68. The normalized spacial score (nSPS) is 11.5. The molecule has 0 saturated carbocycles. The number of rotatable bonds is 6. The van der Waals surface area contributed by atoms with Gasteiger partial charge in [0.2, 0.25) is 0 Å². The highest BCUT2D eigenvalue weighted by atomic mass is 16.2. The first-order valence-corrected chi connectivity index (χ1v) is 9.68. The molecule has 0 bridgehead atoms. The average Bonchev–Trinajstić information content (AvgIpc) is 3.35. The minimum atomic E-state index is -0.268. The molecule has 0 saturated heterocycles. The molecule has 4 aromatic rings. The van der Waals surface area contributed by atoms with Crippen LogP contribution in [0.1, 0.15) is 39.2 Å². The first-order chi connectivity index (χ1) is 15.1. The fraction of sp³-hybridized carbons (Fsp3) is 0.0870. The molecule has 2 aromatic carbocycles. The van der Waals surface area contributed by atoms with E-state index < -0.39 is 0 Å². The van der Waals surface area contributed by atoms with Gasteiger partial charge in [-0.1, -0.05) is 30.3 Å². The van der Waals surface area contributed by atoms with E-state index in [4.69, 9.17) is 0 Å². The largest absolute Gasteiger partial charge is 0.345 e. The maximum atomic E-state index is 12.6. The number of carbonyl (C=O) groups is 2. The molecule has 1 atom stereocenters. The van der Waals surface area contributed by atoms with Gasteiger partial charge < -0.3 is 10.6 Å². The third-order valence-electron chi connectivity index (χ3n) is 4.69. The van der Waals surface area contributed by atoms with Gasteiger partial charge in [0.1, 0.15) is 12.7 Å². The predicted molar refractivity (Wildman–Crippen MR) is 116 cm³/mol. The second kappa shape index (κ2) is 9.00. The Hall–Kier alpha value is -4.33. The van der Waals surface area contributed by atoms with Crippen LogP contribution in [-0.2, 0) is 0 Å². The molecule has 0 spiro atoms. The highest BCUT2D eigenvalue weighted by molar-refractivity contribution is 6.04.